The first-order valence-corrected chi connectivity index (χ1v) is 5.42. The summed E-state index contributed by atoms with van der Waals surface area (Å²) in [5.74, 6) is 0.803. The smallest absolute Gasteiger partial charge is 0.0364 e. The molecule has 0 heterocycles. The van der Waals surface area contributed by atoms with Crippen molar-refractivity contribution in [3.8, 4) is 0 Å². The van der Waals surface area contributed by atoms with E-state index in [1.165, 1.54) is 44.9 Å². The van der Waals surface area contributed by atoms with Gasteiger partial charge in [0.05, 0.1) is 0 Å². The molecule has 0 aliphatic heterocycles. The summed E-state index contributed by atoms with van der Waals surface area (Å²) in [5.41, 5.74) is 0. The first-order valence-electron chi connectivity index (χ1n) is 4.98. The molecular weight excluding hydrogens is 156 g/mol. The summed E-state index contributed by atoms with van der Waals surface area (Å²) in [6, 6.07) is 0. The zero-order valence-electron chi connectivity index (χ0n) is 7.48. The predicted octanol–water partition coefficient (Wildman–Crippen LogP) is 3.97. The molecule has 1 saturated carbocycles. The average molecular weight is 175 g/mol. The summed E-state index contributed by atoms with van der Waals surface area (Å²) in [6.45, 7) is 2.27. The fourth-order valence-corrected chi connectivity index (χ4v) is 2.43. The van der Waals surface area contributed by atoms with E-state index >= 15 is 0 Å². The number of rotatable bonds is 1. The van der Waals surface area contributed by atoms with E-state index in [0.717, 1.165) is 5.92 Å². The second-order valence-electron chi connectivity index (χ2n) is 3.68. The molecule has 0 amide bonds. The highest BCUT2D eigenvalue weighted by Crippen LogP contribution is 2.28. The second kappa shape index (κ2) is 5.03. The Morgan fingerprint density at radius 1 is 1.09 bits per heavy atom. The molecule has 2 unspecified atom stereocenters. The van der Waals surface area contributed by atoms with Crippen LogP contribution in [0.15, 0.2) is 0 Å². The predicted molar refractivity (Wildman–Crippen MR) is 51.1 cm³/mol. The third-order valence-corrected chi connectivity index (χ3v) is 3.42. The lowest BCUT2D eigenvalue weighted by Gasteiger charge is -2.23. The lowest BCUT2D eigenvalue weighted by atomic mass is 9.89. The van der Waals surface area contributed by atoms with Crippen LogP contribution in [0.1, 0.15) is 51.9 Å². The maximum Gasteiger partial charge on any atom is 0.0364 e. The van der Waals surface area contributed by atoms with Crippen LogP contribution in [0.3, 0.4) is 0 Å². The molecule has 0 N–H and O–H groups in total. The highest BCUT2D eigenvalue weighted by atomic mass is 35.5. The summed E-state index contributed by atoms with van der Waals surface area (Å²) >= 11 is 6.26. The van der Waals surface area contributed by atoms with Gasteiger partial charge in [-0.15, -0.1) is 11.6 Å². The van der Waals surface area contributed by atoms with Gasteiger partial charge in [-0.2, -0.15) is 0 Å². The minimum atomic E-state index is 0.472. The number of hydrogen-bond acceptors (Lipinski definition) is 0. The Labute approximate surface area is 75.3 Å². The SMILES string of the molecule is CCC1CCCCCCC1Cl. The molecule has 1 aliphatic rings. The van der Waals surface area contributed by atoms with E-state index in [4.69, 9.17) is 11.6 Å². The zero-order chi connectivity index (χ0) is 8.10. The standard InChI is InChI=1S/C10H19Cl/c1-2-9-7-5-3-4-6-8-10(9)11/h9-10H,2-8H2,1H3. The van der Waals surface area contributed by atoms with Crippen molar-refractivity contribution >= 4 is 11.6 Å². The maximum atomic E-state index is 6.26. The Balaban J connectivity index is 2.33. The average Bonchev–Trinajstić information content (AvgIpc) is 1.98. The highest BCUT2D eigenvalue weighted by molar-refractivity contribution is 6.20. The lowest BCUT2D eigenvalue weighted by molar-refractivity contribution is 0.376. The van der Waals surface area contributed by atoms with Crippen LogP contribution in [0, 0.1) is 5.92 Å². The van der Waals surface area contributed by atoms with E-state index in [-0.39, 0.29) is 0 Å². The molecule has 0 nitrogen and oxygen atoms in total. The number of alkyl halides is 1. The van der Waals surface area contributed by atoms with Crippen LogP contribution in [-0.4, -0.2) is 5.38 Å². The van der Waals surface area contributed by atoms with Crippen molar-refractivity contribution in [3.05, 3.63) is 0 Å². The fourth-order valence-electron chi connectivity index (χ4n) is 1.98. The van der Waals surface area contributed by atoms with Crippen LogP contribution in [0.5, 0.6) is 0 Å². The van der Waals surface area contributed by atoms with Crippen molar-refractivity contribution < 1.29 is 0 Å². The molecule has 2 atom stereocenters. The van der Waals surface area contributed by atoms with Crippen molar-refractivity contribution in [2.24, 2.45) is 5.92 Å². The molecule has 66 valence electrons. The summed E-state index contributed by atoms with van der Waals surface area (Å²) in [7, 11) is 0. The van der Waals surface area contributed by atoms with Crippen LogP contribution in [0.25, 0.3) is 0 Å². The molecule has 0 aromatic rings. The second-order valence-corrected chi connectivity index (χ2v) is 4.24. The Hall–Kier alpha value is 0.290. The van der Waals surface area contributed by atoms with Crippen LogP contribution in [0.2, 0.25) is 0 Å². The molecule has 0 radical (unpaired) electrons. The van der Waals surface area contributed by atoms with Gasteiger partial charge in [0.2, 0.25) is 0 Å². The van der Waals surface area contributed by atoms with Gasteiger partial charge in [0.1, 0.15) is 0 Å². The maximum absolute atomic E-state index is 6.26. The van der Waals surface area contributed by atoms with Gasteiger partial charge in [0, 0.05) is 5.38 Å². The van der Waals surface area contributed by atoms with Gasteiger partial charge < -0.3 is 0 Å². The zero-order valence-corrected chi connectivity index (χ0v) is 8.24. The van der Waals surface area contributed by atoms with Gasteiger partial charge in [-0.3, -0.25) is 0 Å². The topological polar surface area (TPSA) is 0 Å². The van der Waals surface area contributed by atoms with Gasteiger partial charge in [0.25, 0.3) is 0 Å². The number of halogens is 1. The molecule has 0 bridgehead atoms. The summed E-state index contributed by atoms with van der Waals surface area (Å²) in [4.78, 5) is 0. The van der Waals surface area contributed by atoms with Crippen LogP contribution in [0.4, 0.5) is 0 Å². The van der Waals surface area contributed by atoms with Gasteiger partial charge in [-0.25, -0.2) is 0 Å². The van der Waals surface area contributed by atoms with Crippen molar-refractivity contribution in [2.45, 2.75) is 57.2 Å². The van der Waals surface area contributed by atoms with Crippen molar-refractivity contribution in [2.75, 3.05) is 0 Å². The third kappa shape index (κ3) is 3.02. The summed E-state index contributed by atoms with van der Waals surface area (Å²) in [5, 5.41) is 0.472. The Bertz CT molecular complexity index is 101. The molecule has 1 heteroatoms. The summed E-state index contributed by atoms with van der Waals surface area (Å²) < 4.78 is 0. The van der Waals surface area contributed by atoms with Crippen molar-refractivity contribution in [1.82, 2.24) is 0 Å². The van der Waals surface area contributed by atoms with Crippen LogP contribution >= 0.6 is 11.6 Å². The van der Waals surface area contributed by atoms with Crippen LogP contribution < -0.4 is 0 Å². The van der Waals surface area contributed by atoms with E-state index in [1.807, 2.05) is 0 Å². The molecule has 0 aromatic heterocycles. The Kier molecular flexibility index (Phi) is 4.29. The Morgan fingerprint density at radius 3 is 2.36 bits per heavy atom. The molecule has 11 heavy (non-hydrogen) atoms. The largest absolute Gasteiger partial charge is 0.123 e. The van der Waals surface area contributed by atoms with Crippen LogP contribution in [-0.2, 0) is 0 Å². The summed E-state index contributed by atoms with van der Waals surface area (Å²) in [6.07, 6.45) is 9.48. The highest BCUT2D eigenvalue weighted by Gasteiger charge is 2.18. The molecule has 1 rings (SSSR count). The minimum Gasteiger partial charge on any atom is -0.123 e. The normalized spacial score (nSPS) is 34.4. The van der Waals surface area contributed by atoms with Gasteiger partial charge in [-0.1, -0.05) is 39.0 Å². The van der Waals surface area contributed by atoms with E-state index < -0.39 is 0 Å². The molecule has 1 fully saturated rings. The van der Waals surface area contributed by atoms with E-state index in [1.54, 1.807) is 0 Å². The Morgan fingerprint density at radius 2 is 1.73 bits per heavy atom. The van der Waals surface area contributed by atoms with E-state index in [2.05, 4.69) is 6.92 Å². The third-order valence-electron chi connectivity index (χ3n) is 2.84. The van der Waals surface area contributed by atoms with Gasteiger partial charge in [0.15, 0.2) is 0 Å². The first-order chi connectivity index (χ1) is 5.34. The first kappa shape index (κ1) is 9.38. The minimum absolute atomic E-state index is 0.472. The fraction of sp³-hybridized carbons (Fsp3) is 1.00. The molecular formula is C10H19Cl. The molecule has 0 aromatic carbocycles. The van der Waals surface area contributed by atoms with Gasteiger partial charge >= 0.3 is 0 Å². The van der Waals surface area contributed by atoms with Gasteiger partial charge in [-0.05, 0) is 18.8 Å². The van der Waals surface area contributed by atoms with E-state index in [0.29, 0.717) is 5.38 Å². The molecule has 0 spiro atoms. The van der Waals surface area contributed by atoms with Crippen molar-refractivity contribution in [3.63, 3.8) is 0 Å². The lowest BCUT2D eigenvalue weighted by Crippen LogP contribution is -2.15. The monoisotopic (exact) mass is 174 g/mol. The van der Waals surface area contributed by atoms with Crippen molar-refractivity contribution in [1.29, 1.82) is 0 Å². The quantitative estimate of drug-likeness (QED) is 0.528. The number of hydrogen-bond donors (Lipinski definition) is 0. The van der Waals surface area contributed by atoms with E-state index in [9.17, 15) is 0 Å². The molecule has 1 aliphatic carbocycles. The molecule has 0 saturated heterocycles.